The number of thiophene rings is 1. The average molecular weight is 313 g/mol. The highest BCUT2D eigenvalue weighted by molar-refractivity contribution is 7.12. The van der Waals surface area contributed by atoms with Gasteiger partial charge in [0.05, 0.1) is 10.7 Å². The van der Waals surface area contributed by atoms with E-state index in [1.807, 2.05) is 6.92 Å². The highest BCUT2D eigenvalue weighted by atomic mass is 35.5. The number of halogens is 1. The Morgan fingerprint density at radius 2 is 2.20 bits per heavy atom. The van der Waals surface area contributed by atoms with E-state index in [2.05, 4.69) is 5.32 Å². The number of nitrogens with zero attached hydrogens (tertiary/aromatic N) is 1. The van der Waals surface area contributed by atoms with Crippen molar-refractivity contribution in [2.24, 2.45) is 0 Å². The monoisotopic (exact) mass is 312 g/mol. The van der Waals surface area contributed by atoms with Crippen LogP contribution in [0.2, 0.25) is 5.02 Å². The van der Waals surface area contributed by atoms with Gasteiger partial charge in [0, 0.05) is 12.7 Å². The van der Waals surface area contributed by atoms with Crippen LogP contribution in [-0.4, -0.2) is 21.6 Å². The minimum atomic E-state index is -1.05. The van der Waals surface area contributed by atoms with Gasteiger partial charge in [-0.1, -0.05) is 11.6 Å². The highest BCUT2D eigenvalue weighted by Gasteiger charge is 2.19. The zero-order valence-electron chi connectivity index (χ0n) is 10.9. The number of aromatic nitrogens is 1. The van der Waals surface area contributed by atoms with Gasteiger partial charge in [0.15, 0.2) is 0 Å². The first-order chi connectivity index (χ1) is 9.43. The van der Waals surface area contributed by atoms with E-state index >= 15 is 0 Å². The number of rotatable bonds is 4. The summed E-state index contributed by atoms with van der Waals surface area (Å²) in [6.45, 7) is 4.25. The zero-order valence-corrected chi connectivity index (χ0v) is 12.5. The summed E-state index contributed by atoms with van der Waals surface area (Å²) in [6.07, 6.45) is 1.66. The summed E-state index contributed by atoms with van der Waals surface area (Å²) in [6, 6.07) is 1.56. The van der Waals surface area contributed by atoms with Gasteiger partial charge in [0.25, 0.3) is 5.91 Å². The largest absolute Gasteiger partial charge is 0.477 e. The second-order valence-corrected chi connectivity index (χ2v) is 5.53. The van der Waals surface area contributed by atoms with E-state index in [9.17, 15) is 9.59 Å². The number of anilines is 1. The number of carbonyl (C=O) groups is 2. The highest BCUT2D eigenvalue weighted by Crippen LogP contribution is 2.28. The van der Waals surface area contributed by atoms with Crippen molar-refractivity contribution in [3.05, 3.63) is 38.8 Å². The van der Waals surface area contributed by atoms with Gasteiger partial charge in [-0.25, -0.2) is 4.79 Å². The van der Waals surface area contributed by atoms with E-state index in [-0.39, 0.29) is 10.8 Å². The van der Waals surface area contributed by atoms with Gasteiger partial charge in [-0.2, -0.15) is 0 Å². The normalized spacial score (nSPS) is 10.6. The van der Waals surface area contributed by atoms with Crippen LogP contribution in [0.1, 0.15) is 32.6 Å². The van der Waals surface area contributed by atoms with Crippen LogP contribution in [0.15, 0.2) is 17.6 Å². The minimum absolute atomic E-state index is 0.122. The molecule has 1 amide bonds. The van der Waals surface area contributed by atoms with Crippen molar-refractivity contribution >= 4 is 40.5 Å². The molecule has 7 heteroatoms. The van der Waals surface area contributed by atoms with Crippen molar-refractivity contribution in [1.29, 1.82) is 0 Å². The Bertz CT molecular complexity index is 675. The molecule has 2 aromatic rings. The SMILES string of the molecule is CCn1cc(Cl)cc1C(=O)Nc1c(C)csc1C(=O)O. The Balaban J connectivity index is 2.32. The fourth-order valence-electron chi connectivity index (χ4n) is 1.86. The lowest BCUT2D eigenvalue weighted by Crippen LogP contribution is -2.17. The van der Waals surface area contributed by atoms with Gasteiger partial charge in [0.1, 0.15) is 10.6 Å². The first-order valence-corrected chi connectivity index (χ1v) is 7.18. The molecule has 20 heavy (non-hydrogen) atoms. The van der Waals surface area contributed by atoms with Crippen LogP contribution in [0.25, 0.3) is 0 Å². The maximum atomic E-state index is 12.3. The third-order valence-corrected chi connectivity index (χ3v) is 4.14. The maximum absolute atomic E-state index is 12.3. The molecule has 0 atom stereocenters. The summed E-state index contributed by atoms with van der Waals surface area (Å²) in [4.78, 5) is 23.5. The van der Waals surface area contributed by atoms with E-state index < -0.39 is 5.97 Å². The molecular weight excluding hydrogens is 300 g/mol. The van der Waals surface area contributed by atoms with Crippen LogP contribution < -0.4 is 5.32 Å². The van der Waals surface area contributed by atoms with Crippen molar-refractivity contribution in [2.45, 2.75) is 20.4 Å². The van der Waals surface area contributed by atoms with Crippen LogP contribution in [0, 0.1) is 6.92 Å². The fourth-order valence-corrected chi connectivity index (χ4v) is 2.93. The summed E-state index contributed by atoms with van der Waals surface area (Å²) < 4.78 is 1.71. The lowest BCUT2D eigenvalue weighted by molar-refractivity contribution is 0.0703. The molecule has 2 aromatic heterocycles. The molecular formula is C13H13ClN2O3S. The molecule has 0 bridgehead atoms. The van der Waals surface area contributed by atoms with Crippen molar-refractivity contribution in [2.75, 3.05) is 5.32 Å². The van der Waals surface area contributed by atoms with Crippen LogP contribution >= 0.6 is 22.9 Å². The van der Waals surface area contributed by atoms with E-state index in [1.165, 1.54) is 0 Å². The molecule has 2 heterocycles. The summed E-state index contributed by atoms with van der Waals surface area (Å²) in [5, 5.41) is 13.9. The second kappa shape index (κ2) is 5.68. The van der Waals surface area contributed by atoms with Gasteiger partial charge in [-0.3, -0.25) is 4.79 Å². The standard InChI is InChI=1S/C13H13ClN2O3S/c1-3-16-5-8(14)4-9(16)12(17)15-10-7(2)6-20-11(10)13(18)19/h4-6H,3H2,1-2H3,(H,15,17)(H,18,19). The first-order valence-electron chi connectivity index (χ1n) is 5.92. The summed E-state index contributed by atoms with van der Waals surface area (Å²) in [5.41, 5.74) is 1.47. The number of carboxylic acids is 1. The number of amides is 1. The summed E-state index contributed by atoms with van der Waals surface area (Å²) >= 11 is 6.98. The Morgan fingerprint density at radius 1 is 1.50 bits per heavy atom. The molecule has 106 valence electrons. The van der Waals surface area contributed by atoms with E-state index in [0.29, 0.717) is 22.9 Å². The first kappa shape index (κ1) is 14.6. The average Bonchev–Trinajstić information content (AvgIpc) is 2.93. The van der Waals surface area contributed by atoms with Crippen LogP contribution in [0.4, 0.5) is 5.69 Å². The maximum Gasteiger partial charge on any atom is 0.348 e. The third-order valence-electron chi connectivity index (χ3n) is 2.84. The molecule has 0 aromatic carbocycles. The molecule has 0 aliphatic carbocycles. The molecule has 0 saturated heterocycles. The minimum Gasteiger partial charge on any atom is -0.477 e. The molecule has 0 aliphatic rings. The molecule has 0 spiro atoms. The zero-order chi connectivity index (χ0) is 14.9. The Hall–Kier alpha value is -1.79. The quantitative estimate of drug-likeness (QED) is 0.908. The summed E-state index contributed by atoms with van der Waals surface area (Å²) in [7, 11) is 0. The van der Waals surface area contributed by atoms with Gasteiger partial charge >= 0.3 is 5.97 Å². The Kier molecular flexibility index (Phi) is 4.15. The number of hydrogen-bond donors (Lipinski definition) is 2. The molecule has 2 N–H and O–H groups in total. The molecule has 2 rings (SSSR count). The predicted octanol–water partition coefficient (Wildman–Crippen LogP) is 3.48. The van der Waals surface area contributed by atoms with Crippen molar-refractivity contribution in [3.63, 3.8) is 0 Å². The lowest BCUT2D eigenvalue weighted by Gasteiger charge is -2.08. The number of hydrogen-bond acceptors (Lipinski definition) is 3. The van der Waals surface area contributed by atoms with E-state index in [0.717, 1.165) is 16.9 Å². The molecule has 0 unspecified atom stereocenters. The smallest absolute Gasteiger partial charge is 0.348 e. The Morgan fingerprint density at radius 3 is 2.80 bits per heavy atom. The second-order valence-electron chi connectivity index (χ2n) is 4.21. The number of aryl methyl sites for hydroxylation is 2. The number of carbonyl (C=O) groups excluding carboxylic acids is 1. The molecule has 0 saturated carbocycles. The number of aromatic carboxylic acids is 1. The molecule has 5 nitrogen and oxygen atoms in total. The van der Waals surface area contributed by atoms with Crippen LogP contribution in [-0.2, 0) is 6.54 Å². The third kappa shape index (κ3) is 2.71. The van der Waals surface area contributed by atoms with Gasteiger partial charge < -0.3 is 15.0 Å². The predicted molar refractivity (Wildman–Crippen MR) is 79.1 cm³/mol. The summed E-state index contributed by atoms with van der Waals surface area (Å²) in [5.74, 6) is -1.43. The fraction of sp³-hybridized carbons (Fsp3) is 0.231. The Labute approximate surface area is 124 Å². The number of carboxylic acid groups (broad SMARTS) is 1. The van der Waals surface area contributed by atoms with Gasteiger partial charge in [0.2, 0.25) is 0 Å². The number of nitrogens with one attached hydrogen (secondary N) is 1. The van der Waals surface area contributed by atoms with Gasteiger partial charge in [-0.15, -0.1) is 11.3 Å². The topological polar surface area (TPSA) is 71.3 Å². The van der Waals surface area contributed by atoms with Crippen molar-refractivity contribution in [3.8, 4) is 0 Å². The lowest BCUT2D eigenvalue weighted by atomic mass is 10.2. The van der Waals surface area contributed by atoms with Gasteiger partial charge in [-0.05, 0) is 30.9 Å². The van der Waals surface area contributed by atoms with Crippen molar-refractivity contribution in [1.82, 2.24) is 4.57 Å². The van der Waals surface area contributed by atoms with E-state index in [1.54, 1.807) is 29.1 Å². The van der Waals surface area contributed by atoms with Crippen LogP contribution in [0.3, 0.4) is 0 Å². The molecule has 0 aliphatic heterocycles. The van der Waals surface area contributed by atoms with Crippen LogP contribution in [0.5, 0.6) is 0 Å². The van der Waals surface area contributed by atoms with E-state index in [4.69, 9.17) is 16.7 Å². The molecule has 0 fully saturated rings. The molecule has 0 radical (unpaired) electrons. The van der Waals surface area contributed by atoms with Crippen molar-refractivity contribution < 1.29 is 14.7 Å².